The third-order valence-corrected chi connectivity index (χ3v) is 3.82. The number of nitrogens with two attached hydrogens (primary N) is 1. The maximum atomic E-state index is 12.2. The Morgan fingerprint density at radius 2 is 2.13 bits per heavy atom. The van der Waals surface area contributed by atoms with Crippen molar-refractivity contribution in [3.05, 3.63) is 52.6 Å². The molecule has 0 aromatic heterocycles. The van der Waals surface area contributed by atoms with Crippen molar-refractivity contribution in [1.29, 1.82) is 0 Å². The highest BCUT2D eigenvalue weighted by atomic mass is 16.7. The maximum absolute atomic E-state index is 12.2. The zero-order valence-corrected chi connectivity index (χ0v) is 12.7. The van der Waals surface area contributed by atoms with Crippen LogP contribution in [0.3, 0.4) is 0 Å². The van der Waals surface area contributed by atoms with Crippen molar-refractivity contribution < 1.29 is 23.8 Å². The molecule has 7 nitrogen and oxygen atoms in total. The highest BCUT2D eigenvalue weighted by Crippen LogP contribution is 2.43. The van der Waals surface area contributed by atoms with Gasteiger partial charge in [-0.3, -0.25) is 0 Å². The number of benzene rings is 1. The number of hydrogen-bond acceptors (Lipinski definition) is 7. The number of carbonyl (C=O) groups excluding carboxylic acids is 2. The van der Waals surface area contributed by atoms with E-state index < -0.39 is 18.0 Å². The second-order valence-electron chi connectivity index (χ2n) is 5.20. The van der Waals surface area contributed by atoms with E-state index in [4.69, 9.17) is 15.2 Å². The maximum Gasteiger partial charge on any atom is 0.513 e. The van der Waals surface area contributed by atoms with Crippen molar-refractivity contribution in [2.24, 2.45) is 0 Å². The third-order valence-electron chi connectivity index (χ3n) is 3.82. The number of nitrogens with one attached hydrogen (secondary N) is 1. The van der Waals surface area contributed by atoms with Crippen LogP contribution >= 0.6 is 0 Å². The van der Waals surface area contributed by atoms with Gasteiger partial charge in [0.2, 0.25) is 0 Å². The minimum atomic E-state index is -0.865. The molecule has 0 saturated heterocycles. The van der Waals surface area contributed by atoms with Crippen LogP contribution in [-0.4, -0.2) is 25.8 Å². The molecule has 2 aliphatic rings. The highest BCUT2D eigenvalue weighted by molar-refractivity contribution is 5.95. The first-order valence-corrected chi connectivity index (χ1v) is 7.01. The van der Waals surface area contributed by atoms with Gasteiger partial charge in [-0.25, -0.2) is 9.59 Å². The minimum Gasteiger partial charge on any atom is -0.456 e. The lowest BCUT2D eigenvalue weighted by atomic mass is 9.85. The largest absolute Gasteiger partial charge is 0.513 e. The van der Waals surface area contributed by atoms with Crippen molar-refractivity contribution in [1.82, 2.24) is 5.32 Å². The van der Waals surface area contributed by atoms with Gasteiger partial charge in [-0.1, -0.05) is 18.2 Å². The lowest BCUT2D eigenvalue weighted by Crippen LogP contribution is -2.28. The molecule has 2 heterocycles. The molecule has 0 spiro atoms. The lowest BCUT2D eigenvalue weighted by Gasteiger charge is -2.28. The van der Waals surface area contributed by atoms with Crippen molar-refractivity contribution in [2.45, 2.75) is 12.8 Å². The fourth-order valence-electron chi connectivity index (χ4n) is 2.78. The van der Waals surface area contributed by atoms with Crippen molar-refractivity contribution in [3.8, 4) is 0 Å². The number of rotatable bonds is 2. The number of cyclic esters (lactones) is 1. The van der Waals surface area contributed by atoms with Crippen LogP contribution in [0.4, 0.5) is 10.5 Å². The molecule has 3 N–H and O–H groups in total. The number of methoxy groups -OCH3 is 1. The SMILES string of the molecule is COC(=O)OC1=C(C)NC2=C(C(=O)OC2)C1c1ccccc1N. The molecule has 1 aromatic carbocycles. The van der Waals surface area contributed by atoms with Gasteiger partial charge in [-0.15, -0.1) is 0 Å². The monoisotopic (exact) mass is 316 g/mol. The van der Waals surface area contributed by atoms with E-state index in [-0.39, 0.29) is 12.4 Å². The molecule has 120 valence electrons. The van der Waals surface area contributed by atoms with Crippen LogP contribution in [0.15, 0.2) is 47.0 Å². The third kappa shape index (κ3) is 2.50. The summed E-state index contributed by atoms with van der Waals surface area (Å²) in [7, 11) is 1.22. The van der Waals surface area contributed by atoms with Crippen molar-refractivity contribution in [3.63, 3.8) is 0 Å². The molecule has 0 aliphatic carbocycles. The number of allylic oxidation sites excluding steroid dienone is 2. The summed E-state index contributed by atoms with van der Waals surface area (Å²) in [5, 5.41) is 3.05. The van der Waals surface area contributed by atoms with Crippen LogP contribution in [0.25, 0.3) is 0 Å². The lowest BCUT2D eigenvalue weighted by molar-refractivity contribution is -0.136. The number of esters is 1. The van der Waals surface area contributed by atoms with Crippen LogP contribution in [-0.2, 0) is 19.0 Å². The van der Waals surface area contributed by atoms with Crippen LogP contribution in [0, 0.1) is 0 Å². The van der Waals surface area contributed by atoms with E-state index in [0.29, 0.717) is 28.2 Å². The number of hydrogen-bond donors (Lipinski definition) is 2. The summed E-state index contributed by atoms with van der Waals surface area (Å²) < 4.78 is 15.0. The Kier molecular flexibility index (Phi) is 3.69. The molecule has 0 saturated carbocycles. The van der Waals surface area contributed by atoms with Crippen LogP contribution in [0.5, 0.6) is 0 Å². The molecule has 0 bridgehead atoms. The van der Waals surface area contributed by atoms with E-state index in [1.54, 1.807) is 31.2 Å². The molecular formula is C16H16N2O5. The summed E-state index contributed by atoms with van der Waals surface area (Å²) in [6, 6.07) is 7.11. The summed E-state index contributed by atoms with van der Waals surface area (Å²) in [6.07, 6.45) is -0.865. The molecule has 0 fully saturated rings. The number of ether oxygens (including phenoxy) is 3. The van der Waals surface area contributed by atoms with E-state index in [1.807, 2.05) is 0 Å². The van der Waals surface area contributed by atoms with Gasteiger partial charge in [0.25, 0.3) is 0 Å². The topological polar surface area (TPSA) is 99.9 Å². The fourth-order valence-corrected chi connectivity index (χ4v) is 2.78. The highest BCUT2D eigenvalue weighted by Gasteiger charge is 2.41. The number of anilines is 1. The van der Waals surface area contributed by atoms with Gasteiger partial charge in [0, 0.05) is 5.69 Å². The zero-order chi connectivity index (χ0) is 16.6. The van der Waals surface area contributed by atoms with Crippen molar-refractivity contribution >= 4 is 17.8 Å². The normalized spacial score (nSPS) is 19.9. The van der Waals surface area contributed by atoms with E-state index in [2.05, 4.69) is 10.1 Å². The molecule has 2 aliphatic heterocycles. The van der Waals surface area contributed by atoms with Crippen molar-refractivity contribution in [2.75, 3.05) is 19.5 Å². The van der Waals surface area contributed by atoms with Crippen LogP contribution in [0.2, 0.25) is 0 Å². The smallest absolute Gasteiger partial charge is 0.456 e. The molecule has 1 atom stereocenters. The summed E-state index contributed by atoms with van der Waals surface area (Å²) in [6.45, 7) is 1.90. The molecular weight excluding hydrogens is 300 g/mol. The average Bonchev–Trinajstić information content (AvgIpc) is 2.89. The Morgan fingerprint density at radius 3 is 2.83 bits per heavy atom. The molecule has 0 radical (unpaired) electrons. The first kappa shape index (κ1) is 15.0. The van der Waals surface area contributed by atoms with Gasteiger partial charge in [0.15, 0.2) is 0 Å². The Hall–Kier alpha value is -2.96. The van der Waals surface area contributed by atoms with Gasteiger partial charge >= 0.3 is 12.1 Å². The average molecular weight is 316 g/mol. The molecule has 3 rings (SSSR count). The summed E-state index contributed by atoms with van der Waals surface area (Å²) in [5.74, 6) is -0.812. The van der Waals surface area contributed by atoms with Crippen LogP contribution in [0.1, 0.15) is 18.4 Å². The summed E-state index contributed by atoms with van der Waals surface area (Å²) in [4.78, 5) is 23.7. The Bertz CT molecular complexity index is 751. The van der Waals surface area contributed by atoms with E-state index in [0.717, 1.165) is 0 Å². The number of nitrogen functional groups attached to an aromatic ring is 1. The van der Waals surface area contributed by atoms with Gasteiger partial charge in [0.1, 0.15) is 12.4 Å². The molecule has 7 heteroatoms. The number of carbonyl (C=O) groups is 2. The Morgan fingerprint density at radius 1 is 1.39 bits per heavy atom. The zero-order valence-electron chi connectivity index (χ0n) is 12.7. The van der Waals surface area contributed by atoms with Gasteiger partial charge in [-0.05, 0) is 18.6 Å². The predicted molar refractivity (Wildman–Crippen MR) is 80.9 cm³/mol. The molecule has 1 aromatic rings. The summed E-state index contributed by atoms with van der Waals surface area (Å²) >= 11 is 0. The van der Waals surface area contributed by atoms with Crippen LogP contribution < -0.4 is 11.1 Å². The predicted octanol–water partition coefficient (Wildman–Crippen LogP) is 1.78. The van der Waals surface area contributed by atoms with Gasteiger partial charge in [-0.2, -0.15) is 0 Å². The first-order chi connectivity index (χ1) is 11.0. The van der Waals surface area contributed by atoms with Gasteiger partial charge < -0.3 is 25.3 Å². The molecule has 23 heavy (non-hydrogen) atoms. The fraction of sp³-hybridized carbons (Fsp3) is 0.250. The standard InChI is InChI=1S/C16H16N2O5/c1-8-14(23-16(20)21-2)12(9-5-3-4-6-10(9)17)13-11(18-8)7-22-15(13)19/h3-6,12,18H,7,17H2,1-2H3. The first-order valence-electron chi connectivity index (χ1n) is 7.01. The molecule has 0 amide bonds. The van der Waals surface area contributed by atoms with E-state index in [1.165, 1.54) is 7.11 Å². The number of para-hydroxylation sites is 1. The second-order valence-corrected chi connectivity index (χ2v) is 5.20. The molecule has 1 unspecified atom stereocenters. The minimum absolute atomic E-state index is 0.153. The summed E-state index contributed by atoms with van der Waals surface area (Å²) in [5.41, 5.74) is 8.86. The second kappa shape index (κ2) is 5.68. The van der Waals surface area contributed by atoms with E-state index in [9.17, 15) is 9.59 Å². The number of dihydropyridines is 1. The quantitative estimate of drug-likeness (QED) is 0.633. The Balaban J connectivity index is 2.14. The van der Waals surface area contributed by atoms with Gasteiger partial charge in [0.05, 0.1) is 30.0 Å². The Labute approximate surface area is 132 Å². The van der Waals surface area contributed by atoms with E-state index >= 15 is 0 Å².